The predicted octanol–water partition coefficient (Wildman–Crippen LogP) is 4.91. The highest BCUT2D eigenvalue weighted by Gasteiger charge is 2.41. The number of carbonyl (C=O) groups excluding carboxylic acids is 2. The van der Waals surface area contributed by atoms with Crippen molar-refractivity contribution >= 4 is 12.1 Å². The van der Waals surface area contributed by atoms with E-state index >= 15 is 0 Å². The number of hydrogen-bond acceptors (Lipinski definition) is 4. The molecule has 2 rings (SSSR count). The lowest BCUT2D eigenvalue weighted by Crippen LogP contribution is -2.40. The van der Waals surface area contributed by atoms with Gasteiger partial charge in [0.05, 0.1) is 5.56 Å². The maximum Gasteiger partial charge on any atom is 0.154 e. The zero-order valence-corrected chi connectivity index (χ0v) is 16.9. The van der Waals surface area contributed by atoms with Gasteiger partial charge in [-0.3, -0.25) is 9.59 Å². The lowest BCUT2D eigenvalue weighted by molar-refractivity contribution is -0.129. The molecule has 0 bridgehead atoms. The van der Waals surface area contributed by atoms with Crippen molar-refractivity contribution in [3.05, 3.63) is 46.6 Å². The van der Waals surface area contributed by atoms with Gasteiger partial charge >= 0.3 is 0 Å². The van der Waals surface area contributed by atoms with E-state index in [-0.39, 0.29) is 28.4 Å². The van der Waals surface area contributed by atoms with Crippen LogP contribution in [0.5, 0.6) is 11.5 Å². The average molecular weight is 370 g/mol. The van der Waals surface area contributed by atoms with Crippen LogP contribution < -0.4 is 0 Å². The number of phenolic OH excluding ortho intramolecular Hbond substituents is 2. The largest absolute Gasteiger partial charge is 0.508 e. The molecule has 2 N–H and O–H groups in total. The van der Waals surface area contributed by atoms with Gasteiger partial charge in [0, 0.05) is 17.9 Å². The molecule has 1 saturated carbocycles. The van der Waals surface area contributed by atoms with E-state index in [0.717, 1.165) is 12.0 Å². The molecule has 27 heavy (non-hydrogen) atoms. The smallest absolute Gasteiger partial charge is 0.154 e. The molecular formula is C23H30O4. The fourth-order valence-electron chi connectivity index (χ4n) is 3.80. The second kappa shape index (κ2) is 8.12. The molecule has 0 aliphatic heterocycles. The number of hydrogen-bond donors (Lipinski definition) is 2. The van der Waals surface area contributed by atoms with Crippen LogP contribution in [0.15, 0.2) is 29.9 Å². The van der Waals surface area contributed by atoms with Gasteiger partial charge < -0.3 is 10.2 Å². The number of aromatic hydroxyl groups is 2. The predicted molar refractivity (Wildman–Crippen MR) is 107 cm³/mol. The van der Waals surface area contributed by atoms with Crippen molar-refractivity contribution in [3.8, 4) is 11.5 Å². The molecule has 4 heteroatoms. The number of ketones is 1. The lowest BCUT2D eigenvalue weighted by atomic mass is 9.61. The minimum atomic E-state index is -0.177. The normalized spacial score (nSPS) is 26.6. The topological polar surface area (TPSA) is 74.6 Å². The summed E-state index contributed by atoms with van der Waals surface area (Å²) in [6.07, 6.45) is 8.52. The Hall–Kier alpha value is -2.36. The minimum Gasteiger partial charge on any atom is -0.508 e. The maximum atomic E-state index is 12.1. The molecule has 1 aliphatic carbocycles. The van der Waals surface area contributed by atoms with Gasteiger partial charge in [-0.05, 0) is 49.7 Å². The van der Waals surface area contributed by atoms with Crippen LogP contribution in [0.2, 0.25) is 0 Å². The molecule has 1 aliphatic rings. The third kappa shape index (κ3) is 4.15. The first-order chi connectivity index (χ1) is 12.6. The summed E-state index contributed by atoms with van der Waals surface area (Å²) >= 11 is 0. The van der Waals surface area contributed by atoms with Crippen LogP contribution in [-0.4, -0.2) is 22.3 Å². The molecule has 1 aromatic rings. The van der Waals surface area contributed by atoms with Crippen LogP contribution in [-0.2, 0) is 11.2 Å². The van der Waals surface area contributed by atoms with Gasteiger partial charge in [0.25, 0.3) is 0 Å². The van der Waals surface area contributed by atoms with Gasteiger partial charge in [-0.25, -0.2) is 0 Å². The molecule has 0 amide bonds. The van der Waals surface area contributed by atoms with E-state index in [0.29, 0.717) is 42.0 Å². The monoisotopic (exact) mass is 370 g/mol. The molecule has 146 valence electrons. The van der Waals surface area contributed by atoms with E-state index in [2.05, 4.69) is 19.9 Å². The average Bonchev–Trinajstić information content (AvgIpc) is 2.61. The van der Waals surface area contributed by atoms with Crippen LogP contribution in [0.4, 0.5) is 0 Å². The highest BCUT2D eigenvalue weighted by atomic mass is 16.3. The highest BCUT2D eigenvalue weighted by Crippen LogP contribution is 2.44. The molecule has 0 saturated heterocycles. The molecule has 0 aromatic heterocycles. The molecule has 3 atom stereocenters. The van der Waals surface area contributed by atoms with Crippen molar-refractivity contribution in [1.82, 2.24) is 0 Å². The van der Waals surface area contributed by atoms with Crippen LogP contribution >= 0.6 is 0 Å². The molecule has 0 heterocycles. The molecule has 0 unspecified atom stereocenters. The zero-order valence-electron chi connectivity index (χ0n) is 16.9. The van der Waals surface area contributed by atoms with Gasteiger partial charge in [0.2, 0.25) is 0 Å². The SMILES string of the molecule is CC(C=C[C@]1(C)[C@H](C)CCC(=O)[C@@H]1C)=CCc1c(O)cc(C)c(C=O)c1O. The minimum absolute atomic E-state index is 0.00867. The summed E-state index contributed by atoms with van der Waals surface area (Å²) in [5.74, 6) is 0.552. The fraction of sp³-hybridized carbons (Fsp3) is 0.478. The summed E-state index contributed by atoms with van der Waals surface area (Å²) in [6.45, 7) is 9.95. The summed E-state index contributed by atoms with van der Waals surface area (Å²) in [5, 5.41) is 20.4. The Kier molecular flexibility index (Phi) is 6.30. The summed E-state index contributed by atoms with van der Waals surface area (Å²) in [6, 6.07) is 1.50. The summed E-state index contributed by atoms with van der Waals surface area (Å²) in [5.41, 5.74) is 1.89. The Balaban J connectivity index is 2.23. The first kappa shape index (κ1) is 20.9. The van der Waals surface area contributed by atoms with Crippen molar-refractivity contribution in [3.63, 3.8) is 0 Å². The third-order valence-electron chi connectivity index (χ3n) is 6.38. The Morgan fingerprint density at radius 1 is 1.33 bits per heavy atom. The molecular weight excluding hydrogens is 340 g/mol. The Labute approximate surface area is 161 Å². The van der Waals surface area contributed by atoms with Crippen LogP contribution in [0, 0.1) is 24.2 Å². The van der Waals surface area contributed by atoms with Gasteiger partial charge in [-0.15, -0.1) is 0 Å². The van der Waals surface area contributed by atoms with Crippen LogP contribution in [0.3, 0.4) is 0 Å². The van der Waals surface area contributed by atoms with E-state index in [4.69, 9.17) is 0 Å². The summed E-state index contributed by atoms with van der Waals surface area (Å²) in [7, 11) is 0. The van der Waals surface area contributed by atoms with E-state index in [9.17, 15) is 19.8 Å². The van der Waals surface area contributed by atoms with Crippen molar-refractivity contribution in [2.75, 3.05) is 0 Å². The van der Waals surface area contributed by atoms with E-state index in [1.807, 2.05) is 26.0 Å². The molecule has 1 aromatic carbocycles. The van der Waals surface area contributed by atoms with E-state index in [1.165, 1.54) is 6.07 Å². The number of carbonyl (C=O) groups is 2. The molecule has 1 fully saturated rings. The van der Waals surface area contributed by atoms with Crippen molar-refractivity contribution < 1.29 is 19.8 Å². The molecule has 0 radical (unpaired) electrons. The van der Waals surface area contributed by atoms with Crippen LogP contribution in [0.1, 0.15) is 62.0 Å². The highest BCUT2D eigenvalue weighted by molar-refractivity contribution is 5.83. The molecule has 0 spiro atoms. The Morgan fingerprint density at radius 3 is 2.63 bits per heavy atom. The fourth-order valence-corrected chi connectivity index (χ4v) is 3.80. The third-order valence-corrected chi connectivity index (χ3v) is 6.38. The number of Topliss-reactive ketones (excluding diaryl/α,β-unsaturated/α-hetero) is 1. The second-order valence-corrected chi connectivity index (χ2v) is 8.05. The van der Waals surface area contributed by atoms with Gasteiger partial charge in [-0.2, -0.15) is 0 Å². The number of aldehydes is 1. The lowest BCUT2D eigenvalue weighted by Gasteiger charge is -2.42. The second-order valence-electron chi connectivity index (χ2n) is 8.05. The zero-order chi connectivity index (χ0) is 20.4. The maximum absolute atomic E-state index is 12.1. The van der Waals surface area contributed by atoms with Crippen LogP contribution in [0.25, 0.3) is 0 Å². The molecule has 4 nitrogen and oxygen atoms in total. The van der Waals surface area contributed by atoms with E-state index in [1.54, 1.807) is 6.92 Å². The Bertz CT molecular complexity index is 803. The van der Waals surface area contributed by atoms with Crippen molar-refractivity contribution in [2.45, 2.75) is 53.9 Å². The van der Waals surface area contributed by atoms with Gasteiger partial charge in [0.15, 0.2) is 6.29 Å². The number of benzene rings is 1. The first-order valence-corrected chi connectivity index (χ1v) is 9.50. The van der Waals surface area contributed by atoms with Crippen molar-refractivity contribution in [1.29, 1.82) is 0 Å². The number of allylic oxidation sites excluding steroid dienone is 4. The van der Waals surface area contributed by atoms with Gasteiger partial charge in [-0.1, -0.05) is 44.6 Å². The summed E-state index contributed by atoms with van der Waals surface area (Å²) < 4.78 is 0. The first-order valence-electron chi connectivity index (χ1n) is 9.50. The number of aryl methyl sites for hydroxylation is 1. The van der Waals surface area contributed by atoms with E-state index < -0.39 is 0 Å². The van der Waals surface area contributed by atoms with Gasteiger partial charge in [0.1, 0.15) is 17.3 Å². The summed E-state index contributed by atoms with van der Waals surface area (Å²) in [4.78, 5) is 23.3. The standard InChI is InChI=1S/C23H30O4/c1-14(10-11-23(5)16(3)7-9-20(25)17(23)4)6-8-18-21(26)12-15(2)19(13-24)22(18)27/h6,10-13,16-17,26-27H,7-9H2,1-5H3/t16-,17+,23-/m1/s1. The number of phenols is 2. The van der Waals surface area contributed by atoms with Crippen molar-refractivity contribution in [2.24, 2.45) is 17.3 Å². The Morgan fingerprint density at radius 2 is 2.00 bits per heavy atom. The quantitative estimate of drug-likeness (QED) is 0.571. The number of rotatable bonds is 5.